The zero-order chi connectivity index (χ0) is 63.3. The Balaban J connectivity index is 1.65. The smallest absolute Gasteiger partial charge is 0.364 e. The molecule has 0 bridgehead atoms. The average Bonchev–Trinajstić information content (AvgIpc) is 1.49. The topological polar surface area (TPSA) is 373 Å². The largest absolute Gasteiger partial charge is 0.477 e. The molecule has 18 atom stereocenters. The number of aliphatic hydroxyl groups excluding tert-OH is 11. The van der Waals surface area contributed by atoms with Gasteiger partial charge in [-0.15, -0.1) is 0 Å². The highest BCUT2D eigenvalue weighted by molar-refractivity contribution is 5.77. The zero-order valence-electron chi connectivity index (χ0n) is 51.9. The van der Waals surface area contributed by atoms with Crippen LogP contribution in [0.3, 0.4) is 0 Å². The fraction of sp³-hybridized carbons (Fsp3) is 0.889. The highest BCUT2D eigenvalue weighted by Gasteiger charge is 2.60. The van der Waals surface area contributed by atoms with Crippen LogP contribution in [0.5, 0.6) is 0 Å². The number of ether oxygens (including phenoxy) is 6. The Morgan fingerprint density at radius 3 is 1.58 bits per heavy atom. The molecule has 0 aromatic rings. The summed E-state index contributed by atoms with van der Waals surface area (Å²) in [4.78, 5) is 38.4. The number of unbranched alkanes of at least 4 members (excludes halogenated alkanes) is 26. The highest BCUT2D eigenvalue weighted by atomic mass is 16.8. The van der Waals surface area contributed by atoms with Crippen LogP contribution in [0.4, 0.5) is 0 Å². The molecule has 3 rings (SSSR count). The molecule has 86 heavy (non-hydrogen) atoms. The Labute approximate surface area is 511 Å². The summed E-state index contributed by atoms with van der Waals surface area (Å²) in [6.45, 7) is 2.11. The van der Waals surface area contributed by atoms with E-state index in [1.165, 1.54) is 116 Å². The highest BCUT2D eigenvalue weighted by Crippen LogP contribution is 2.38. The molecule has 3 fully saturated rings. The van der Waals surface area contributed by atoms with Gasteiger partial charge in [0.25, 0.3) is 5.79 Å². The molecule has 23 nitrogen and oxygen atoms in total. The predicted octanol–water partition coefficient (Wildman–Crippen LogP) is 4.50. The van der Waals surface area contributed by atoms with Crippen molar-refractivity contribution in [2.24, 2.45) is 0 Å². The van der Waals surface area contributed by atoms with Gasteiger partial charge >= 0.3 is 5.97 Å². The van der Waals surface area contributed by atoms with E-state index in [-0.39, 0.29) is 12.3 Å². The van der Waals surface area contributed by atoms with Crippen LogP contribution in [0.2, 0.25) is 0 Å². The SMILES string of the molecule is CCCCCCCCC/C=C\CCCCCCCC(=O)NC(COC1OC(CO)C(OC2OC(CO)C(O)C(OC3(C(=O)O)CC(O)C(NC(C)=O)C(C(O)C(O)CO)O3)C2O)C(O)C1O)C(O)/C=C/CCCCCCCCCCCCCCCC. The van der Waals surface area contributed by atoms with Gasteiger partial charge in [0, 0.05) is 19.8 Å². The van der Waals surface area contributed by atoms with Crippen molar-refractivity contribution in [1.82, 2.24) is 10.6 Å². The summed E-state index contributed by atoms with van der Waals surface area (Å²) >= 11 is 0. The van der Waals surface area contributed by atoms with Crippen molar-refractivity contribution in [2.75, 3.05) is 26.4 Å². The van der Waals surface area contributed by atoms with Gasteiger partial charge in [-0.05, 0) is 44.9 Å². The summed E-state index contributed by atoms with van der Waals surface area (Å²) in [5.41, 5.74) is 0. The minimum Gasteiger partial charge on any atom is -0.477 e. The molecule has 0 aliphatic carbocycles. The van der Waals surface area contributed by atoms with Crippen molar-refractivity contribution in [2.45, 2.75) is 330 Å². The van der Waals surface area contributed by atoms with Crippen LogP contribution in [0.1, 0.15) is 220 Å². The minimum absolute atomic E-state index is 0.191. The van der Waals surface area contributed by atoms with Crippen LogP contribution < -0.4 is 10.6 Å². The Bertz CT molecular complexity index is 1850. The van der Waals surface area contributed by atoms with Gasteiger partial charge in [0.05, 0.1) is 50.7 Å². The van der Waals surface area contributed by atoms with E-state index in [2.05, 4.69) is 36.6 Å². The lowest BCUT2D eigenvalue weighted by molar-refractivity contribution is -0.386. The maximum atomic E-state index is 13.4. The van der Waals surface area contributed by atoms with Crippen molar-refractivity contribution < 1.29 is 104 Å². The van der Waals surface area contributed by atoms with Crippen LogP contribution in [-0.4, -0.2) is 215 Å². The maximum absolute atomic E-state index is 13.4. The van der Waals surface area contributed by atoms with Crippen LogP contribution in [-0.2, 0) is 42.8 Å². The first kappa shape index (κ1) is 77.5. The number of carboxylic acids is 1. The molecule has 3 saturated heterocycles. The molecular formula is C63H114N2O21. The van der Waals surface area contributed by atoms with Gasteiger partial charge < -0.3 is 100 Å². The normalized spacial score (nSPS) is 29.5. The van der Waals surface area contributed by atoms with Gasteiger partial charge in [0.1, 0.15) is 67.1 Å². The third-order valence-corrected chi connectivity index (χ3v) is 16.6. The number of aliphatic carboxylic acids is 1. The predicted molar refractivity (Wildman–Crippen MR) is 320 cm³/mol. The molecule has 14 N–H and O–H groups in total. The summed E-state index contributed by atoms with van der Waals surface area (Å²) in [6, 6.07) is -2.62. The second-order valence-corrected chi connectivity index (χ2v) is 24.0. The monoisotopic (exact) mass is 1230 g/mol. The molecule has 0 saturated carbocycles. The number of carboxylic acid groups (broad SMARTS) is 1. The van der Waals surface area contributed by atoms with E-state index in [1.807, 2.05) is 6.08 Å². The molecule has 0 aromatic heterocycles. The van der Waals surface area contributed by atoms with Crippen LogP contribution in [0.25, 0.3) is 0 Å². The fourth-order valence-corrected chi connectivity index (χ4v) is 11.3. The molecule has 0 aromatic carbocycles. The molecule has 0 radical (unpaired) electrons. The number of carbonyl (C=O) groups is 3. The van der Waals surface area contributed by atoms with Gasteiger partial charge in [0.2, 0.25) is 11.8 Å². The Morgan fingerprint density at radius 2 is 1.09 bits per heavy atom. The molecule has 3 heterocycles. The van der Waals surface area contributed by atoms with Gasteiger partial charge in [-0.25, -0.2) is 4.79 Å². The molecule has 502 valence electrons. The number of hydrogen-bond donors (Lipinski definition) is 14. The van der Waals surface area contributed by atoms with E-state index in [0.717, 1.165) is 64.7 Å². The molecule has 18 unspecified atom stereocenters. The lowest BCUT2D eigenvalue weighted by atomic mass is 9.88. The van der Waals surface area contributed by atoms with E-state index in [9.17, 15) is 75.7 Å². The lowest BCUT2D eigenvalue weighted by Crippen LogP contribution is -2.70. The molecule has 23 heteroatoms. The Morgan fingerprint density at radius 1 is 0.605 bits per heavy atom. The van der Waals surface area contributed by atoms with Gasteiger partial charge in [-0.2, -0.15) is 0 Å². The standard InChI is InChI=1S/C63H114N2O21/c1-4-6-8-10-12-14-16-18-20-22-24-26-28-30-32-34-36-45(70)44(65-50(73)37-35-33-31-29-27-25-23-21-19-17-15-13-11-9-7-5-2)42-81-60-55(77)54(76)57(49(41-68)83-60)84-61-56(78)59(53(75)48(40-67)82-61)86-63(62(79)80)38-46(71)51(64-43(3)69)58(85-63)52(74)47(72)39-66/h21,23,34,36,44-49,51-61,66-68,70-72,74-78H,4-20,22,24-33,35,37-42H2,1-3H3,(H,64,69)(H,65,73)(H,79,80)/b23-21-,36-34+. The van der Waals surface area contributed by atoms with Crippen LogP contribution >= 0.6 is 0 Å². The van der Waals surface area contributed by atoms with Crippen molar-refractivity contribution >= 4 is 17.8 Å². The van der Waals surface area contributed by atoms with Gasteiger partial charge in [0.15, 0.2) is 12.6 Å². The summed E-state index contributed by atoms with van der Waals surface area (Å²) in [5.74, 6) is -6.15. The summed E-state index contributed by atoms with van der Waals surface area (Å²) in [5, 5.41) is 136. The first-order valence-corrected chi connectivity index (χ1v) is 32.7. The van der Waals surface area contributed by atoms with Crippen molar-refractivity contribution in [1.29, 1.82) is 0 Å². The molecular weight excluding hydrogens is 1120 g/mol. The first-order valence-electron chi connectivity index (χ1n) is 32.7. The number of hydrogen-bond acceptors (Lipinski definition) is 20. The number of nitrogens with one attached hydrogen (secondary N) is 2. The molecule has 0 spiro atoms. The van der Waals surface area contributed by atoms with E-state index in [0.29, 0.717) is 12.8 Å². The first-order chi connectivity index (χ1) is 41.4. The summed E-state index contributed by atoms with van der Waals surface area (Å²) in [6.07, 6.45) is 12.3. The number of allylic oxidation sites excluding steroid dienone is 3. The van der Waals surface area contributed by atoms with Crippen molar-refractivity contribution in [3.63, 3.8) is 0 Å². The molecule has 3 aliphatic rings. The van der Waals surface area contributed by atoms with E-state index in [1.54, 1.807) is 6.08 Å². The second-order valence-electron chi connectivity index (χ2n) is 24.0. The zero-order valence-corrected chi connectivity index (χ0v) is 51.9. The Kier molecular flexibility index (Phi) is 40.2. The van der Waals surface area contributed by atoms with Gasteiger partial charge in [-0.1, -0.05) is 179 Å². The van der Waals surface area contributed by atoms with E-state index < -0.39 is 155 Å². The third-order valence-electron chi connectivity index (χ3n) is 16.6. The lowest BCUT2D eigenvalue weighted by Gasteiger charge is -2.50. The number of rotatable bonds is 48. The second kappa shape index (κ2) is 44.6. The summed E-state index contributed by atoms with van der Waals surface area (Å²) < 4.78 is 34.7. The average molecular weight is 1240 g/mol. The quantitative estimate of drug-likeness (QED) is 0.0294. The third kappa shape index (κ3) is 27.8. The fourth-order valence-electron chi connectivity index (χ4n) is 11.3. The van der Waals surface area contributed by atoms with Crippen molar-refractivity contribution in [3.05, 3.63) is 24.3 Å². The molecule has 2 amide bonds. The van der Waals surface area contributed by atoms with Gasteiger partial charge in [-0.3, -0.25) is 9.59 Å². The maximum Gasteiger partial charge on any atom is 0.364 e. The van der Waals surface area contributed by atoms with Crippen LogP contribution in [0.15, 0.2) is 24.3 Å². The van der Waals surface area contributed by atoms with E-state index in [4.69, 9.17) is 28.4 Å². The number of aliphatic hydroxyl groups is 11. The van der Waals surface area contributed by atoms with Crippen LogP contribution in [0, 0.1) is 0 Å². The number of carbonyl (C=O) groups excluding carboxylic acids is 2. The Hall–Kier alpha value is -2.79. The van der Waals surface area contributed by atoms with Crippen molar-refractivity contribution in [3.8, 4) is 0 Å². The number of amides is 2. The minimum atomic E-state index is -3.08. The summed E-state index contributed by atoms with van der Waals surface area (Å²) in [7, 11) is 0. The van der Waals surface area contributed by atoms with E-state index >= 15 is 0 Å². The molecule has 3 aliphatic heterocycles.